The Morgan fingerprint density at radius 3 is 2.36 bits per heavy atom. The molecule has 0 aromatic heterocycles. The standard InChI is InChI=1S/C22H18ClF3N2O4S/c1-32-17-7-5-6-16(13-17)28(33(30,31)18-8-3-2-4-9-18)14-21(29)27-15-10-11-20(23)19(12-15)22(24,25)26/h2-13H,14H2,1H3,(H,27,29). The van der Waals surface area contributed by atoms with E-state index in [2.05, 4.69) is 5.32 Å². The van der Waals surface area contributed by atoms with Gasteiger partial charge in [-0.05, 0) is 42.5 Å². The average molecular weight is 499 g/mol. The average Bonchev–Trinajstić information content (AvgIpc) is 2.78. The molecule has 0 radical (unpaired) electrons. The molecule has 6 nitrogen and oxygen atoms in total. The maximum absolute atomic E-state index is 13.3. The summed E-state index contributed by atoms with van der Waals surface area (Å²) >= 11 is 5.61. The lowest BCUT2D eigenvalue weighted by molar-refractivity contribution is -0.137. The van der Waals surface area contributed by atoms with Crippen molar-refractivity contribution in [3.05, 3.63) is 83.4 Å². The van der Waals surface area contributed by atoms with Gasteiger partial charge in [-0.15, -0.1) is 0 Å². The minimum Gasteiger partial charge on any atom is -0.497 e. The first kappa shape index (κ1) is 24.4. The summed E-state index contributed by atoms with van der Waals surface area (Å²) in [5.74, 6) is -0.499. The number of methoxy groups -OCH3 is 1. The number of ether oxygens (including phenoxy) is 1. The number of halogens is 4. The van der Waals surface area contributed by atoms with Crippen LogP contribution in [0.5, 0.6) is 5.75 Å². The minimum atomic E-state index is -4.72. The second kappa shape index (κ2) is 9.72. The number of hydrogen-bond acceptors (Lipinski definition) is 4. The van der Waals surface area contributed by atoms with Crippen molar-refractivity contribution in [2.24, 2.45) is 0 Å². The zero-order valence-electron chi connectivity index (χ0n) is 17.1. The van der Waals surface area contributed by atoms with E-state index in [0.717, 1.165) is 10.4 Å². The van der Waals surface area contributed by atoms with Gasteiger partial charge < -0.3 is 10.1 Å². The number of hydrogen-bond donors (Lipinski definition) is 1. The molecule has 0 aliphatic rings. The largest absolute Gasteiger partial charge is 0.497 e. The number of carbonyl (C=O) groups is 1. The van der Waals surface area contributed by atoms with Crippen LogP contribution in [0.1, 0.15) is 5.56 Å². The third-order valence-corrected chi connectivity index (χ3v) is 6.63. The number of nitrogens with zero attached hydrogens (tertiary/aromatic N) is 1. The lowest BCUT2D eigenvalue weighted by Gasteiger charge is -2.24. The first-order chi connectivity index (χ1) is 15.5. The summed E-state index contributed by atoms with van der Waals surface area (Å²) in [6.07, 6.45) is -4.72. The molecule has 0 spiro atoms. The minimum absolute atomic E-state index is 0.0635. The highest BCUT2D eigenvalue weighted by molar-refractivity contribution is 7.92. The smallest absolute Gasteiger partial charge is 0.417 e. The van der Waals surface area contributed by atoms with E-state index in [1.165, 1.54) is 49.6 Å². The number of amides is 1. The summed E-state index contributed by atoms with van der Waals surface area (Å²) < 4.78 is 71.9. The van der Waals surface area contributed by atoms with Gasteiger partial charge in [-0.25, -0.2) is 8.42 Å². The van der Waals surface area contributed by atoms with Crippen molar-refractivity contribution in [2.45, 2.75) is 11.1 Å². The molecule has 0 unspecified atom stereocenters. The molecule has 3 aromatic carbocycles. The Labute approximate surface area is 193 Å². The number of anilines is 2. The van der Waals surface area contributed by atoms with Crippen molar-refractivity contribution in [1.29, 1.82) is 0 Å². The topological polar surface area (TPSA) is 75.7 Å². The molecule has 1 amide bonds. The highest BCUT2D eigenvalue weighted by Gasteiger charge is 2.34. The van der Waals surface area contributed by atoms with Gasteiger partial charge in [0.25, 0.3) is 10.0 Å². The van der Waals surface area contributed by atoms with Crippen LogP contribution in [0, 0.1) is 0 Å². The number of nitrogens with one attached hydrogen (secondary N) is 1. The molecule has 11 heteroatoms. The molecule has 33 heavy (non-hydrogen) atoms. The number of rotatable bonds is 7. The van der Waals surface area contributed by atoms with E-state index >= 15 is 0 Å². The van der Waals surface area contributed by atoms with E-state index in [1.54, 1.807) is 18.2 Å². The summed E-state index contributed by atoms with van der Waals surface area (Å²) in [7, 11) is -2.79. The molecule has 174 valence electrons. The predicted molar refractivity (Wildman–Crippen MR) is 119 cm³/mol. The second-order valence-corrected chi connectivity index (χ2v) is 9.04. The molecule has 0 aliphatic carbocycles. The fourth-order valence-corrected chi connectivity index (χ4v) is 4.61. The Kier molecular flexibility index (Phi) is 7.19. The molecule has 3 rings (SSSR count). The van der Waals surface area contributed by atoms with Crippen molar-refractivity contribution in [1.82, 2.24) is 0 Å². The SMILES string of the molecule is COc1cccc(N(CC(=O)Nc2ccc(Cl)c(C(F)(F)F)c2)S(=O)(=O)c2ccccc2)c1. The van der Waals surface area contributed by atoms with Crippen LogP contribution in [0.15, 0.2) is 77.7 Å². The van der Waals surface area contributed by atoms with Crippen LogP contribution in [0.4, 0.5) is 24.5 Å². The highest BCUT2D eigenvalue weighted by atomic mass is 35.5. The Bertz CT molecular complexity index is 1250. The lowest BCUT2D eigenvalue weighted by Crippen LogP contribution is -2.38. The van der Waals surface area contributed by atoms with Gasteiger partial charge >= 0.3 is 6.18 Å². The summed E-state index contributed by atoms with van der Waals surface area (Å²) in [5, 5.41) is 1.78. The third kappa shape index (κ3) is 5.77. The Morgan fingerprint density at radius 1 is 1.03 bits per heavy atom. The van der Waals surface area contributed by atoms with Gasteiger partial charge in [-0.3, -0.25) is 9.10 Å². The molecule has 1 N–H and O–H groups in total. The van der Waals surface area contributed by atoms with Crippen LogP contribution >= 0.6 is 11.6 Å². The Balaban J connectivity index is 1.95. The molecule has 0 fully saturated rings. The van der Waals surface area contributed by atoms with Crippen LogP contribution < -0.4 is 14.4 Å². The lowest BCUT2D eigenvalue weighted by atomic mass is 10.2. The monoisotopic (exact) mass is 498 g/mol. The van der Waals surface area contributed by atoms with Gasteiger partial charge in [0.1, 0.15) is 12.3 Å². The number of carbonyl (C=O) groups excluding carboxylic acids is 1. The summed E-state index contributed by atoms with van der Waals surface area (Å²) in [4.78, 5) is 12.6. The molecular formula is C22H18ClF3N2O4S. The van der Waals surface area contributed by atoms with Gasteiger partial charge in [-0.1, -0.05) is 35.9 Å². The first-order valence-corrected chi connectivity index (χ1v) is 11.2. The first-order valence-electron chi connectivity index (χ1n) is 9.41. The van der Waals surface area contributed by atoms with Crippen molar-refractivity contribution >= 4 is 38.9 Å². The van der Waals surface area contributed by atoms with Gasteiger partial charge in [0.2, 0.25) is 5.91 Å². The number of benzene rings is 3. The summed E-state index contributed by atoms with van der Waals surface area (Å²) in [6.45, 7) is -0.700. The van der Waals surface area contributed by atoms with Crippen molar-refractivity contribution < 1.29 is 31.1 Å². The Morgan fingerprint density at radius 2 is 1.73 bits per heavy atom. The highest BCUT2D eigenvalue weighted by Crippen LogP contribution is 2.36. The van der Waals surface area contributed by atoms with Gasteiger partial charge in [0, 0.05) is 11.8 Å². The van der Waals surface area contributed by atoms with Gasteiger partial charge in [0.05, 0.1) is 28.3 Å². The zero-order valence-corrected chi connectivity index (χ0v) is 18.7. The van der Waals surface area contributed by atoms with Crippen LogP contribution in [0.3, 0.4) is 0 Å². The van der Waals surface area contributed by atoms with Gasteiger partial charge in [0.15, 0.2) is 0 Å². The normalized spacial score (nSPS) is 11.7. The fourth-order valence-electron chi connectivity index (χ4n) is 2.95. The number of sulfonamides is 1. The third-order valence-electron chi connectivity index (χ3n) is 4.52. The van der Waals surface area contributed by atoms with E-state index < -0.39 is 39.2 Å². The molecule has 3 aromatic rings. The molecule has 0 heterocycles. The second-order valence-electron chi connectivity index (χ2n) is 6.77. The zero-order chi connectivity index (χ0) is 24.2. The molecular weight excluding hydrogens is 481 g/mol. The van der Waals surface area contributed by atoms with Crippen LogP contribution in [0.2, 0.25) is 5.02 Å². The molecule has 0 bridgehead atoms. The van der Waals surface area contributed by atoms with Crippen LogP contribution in [-0.4, -0.2) is 28.0 Å². The van der Waals surface area contributed by atoms with E-state index in [0.29, 0.717) is 11.8 Å². The van der Waals surface area contributed by atoms with Crippen LogP contribution in [0.25, 0.3) is 0 Å². The Hall–Kier alpha value is -3.24. The van der Waals surface area contributed by atoms with Crippen LogP contribution in [-0.2, 0) is 21.0 Å². The van der Waals surface area contributed by atoms with Gasteiger partial charge in [-0.2, -0.15) is 13.2 Å². The van der Waals surface area contributed by atoms with E-state index in [9.17, 15) is 26.4 Å². The number of alkyl halides is 3. The predicted octanol–water partition coefficient (Wildman–Crippen LogP) is 5.20. The molecule has 0 aliphatic heterocycles. The van der Waals surface area contributed by atoms with E-state index in [1.807, 2.05) is 0 Å². The fraction of sp³-hybridized carbons (Fsp3) is 0.136. The summed E-state index contributed by atoms with van der Waals surface area (Å²) in [5.41, 5.74) is -1.16. The maximum atomic E-state index is 13.3. The molecule has 0 saturated carbocycles. The quantitative estimate of drug-likeness (QED) is 0.486. The van der Waals surface area contributed by atoms with E-state index in [-0.39, 0.29) is 16.3 Å². The maximum Gasteiger partial charge on any atom is 0.417 e. The van der Waals surface area contributed by atoms with E-state index in [4.69, 9.17) is 16.3 Å². The van der Waals surface area contributed by atoms with Crippen molar-refractivity contribution in [3.63, 3.8) is 0 Å². The molecule has 0 saturated heterocycles. The van der Waals surface area contributed by atoms with Crippen molar-refractivity contribution in [3.8, 4) is 5.75 Å². The summed E-state index contributed by atoms with van der Waals surface area (Å²) in [6, 6.07) is 16.4. The van der Waals surface area contributed by atoms with Crippen molar-refractivity contribution in [2.75, 3.05) is 23.3 Å². The molecule has 0 atom stereocenters.